The van der Waals surface area contributed by atoms with Crippen molar-refractivity contribution >= 4 is 70.3 Å². The molecule has 0 aromatic heterocycles. The molecule has 3 nitrogen and oxygen atoms in total. The predicted octanol–water partition coefficient (Wildman–Crippen LogP) is 11.7. The molecule has 0 radical (unpaired) electrons. The van der Waals surface area contributed by atoms with E-state index < -0.39 is 0 Å². The van der Waals surface area contributed by atoms with E-state index in [1.54, 1.807) is 0 Å². The summed E-state index contributed by atoms with van der Waals surface area (Å²) >= 11 is 7.48. The summed E-state index contributed by atoms with van der Waals surface area (Å²) in [6, 6.07) is 29.1. The molecule has 0 bridgehead atoms. The van der Waals surface area contributed by atoms with Gasteiger partial charge in [0.2, 0.25) is 0 Å². The minimum atomic E-state index is 0.0345. The van der Waals surface area contributed by atoms with Gasteiger partial charge in [-0.15, -0.1) is 0 Å². The summed E-state index contributed by atoms with van der Waals surface area (Å²) in [5.74, 6) is 2.81. The maximum Gasteiger partial charge on any atom is 0.195 e. The van der Waals surface area contributed by atoms with Crippen LogP contribution in [-0.2, 0) is 4.79 Å². The van der Waals surface area contributed by atoms with Crippen molar-refractivity contribution in [1.82, 2.24) is 0 Å². The molecule has 2 atom stereocenters. The average Bonchev–Trinajstić information content (AvgIpc) is 3.45. The number of unbranched alkanes of at least 4 members (excludes halogenated alkanes) is 2. The van der Waals surface area contributed by atoms with Gasteiger partial charge in [0.15, 0.2) is 5.78 Å². The Kier molecular flexibility index (Phi) is 12.2. The molecule has 5 aromatic carbocycles. The second kappa shape index (κ2) is 16.7. The zero-order chi connectivity index (χ0) is 35.2. The summed E-state index contributed by atoms with van der Waals surface area (Å²) in [6.07, 6.45) is 9.44. The highest BCUT2D eigenvalue weighted by Gasteiger charge is 2.29. The summed E-state index contributed by atoms with van der Waals surface area (Å²) in [7, 11) is 0. The number of ether oxygens (including phenoxy) is 2. The van der Waals surface area contributed by atoms with Gasteiger partial charge in [-0.2, -0.15) is 0 Å². The van der Waals surface area contributed by atoms with Gasteiger partial charge in [0.1, 0.15) is 11.5 Å². The van der Waals surface area contributed by atoms with Gasteiger partial charge < -0.3 is 9.47 Å². The van der Waals surface area contributed by atoms with Gasteiger partial charge in [0.25, 0.3) is 0 Å². The van der Waals surface area contributed by atoms with Crippen molar-refractivity contribution in [3.05, 3.63) is 115 Å². The van der Waals surface area contributed by atoms with Crippen molar-refractivity contribution in [2.24, 2.45) is 11.8 Å². The Labute approximate surface area is 314 Å². The Hall–Kier alpha value is -3.41. The fourth-order valence-corrected chi connectivity index (χ4v) is 7.99. The van der Waals surface area contributed by atoms with Crippen LogP contribution in [0.1, 0.15) is 90.2 Å². The van der Waals surface area contributed by atoms with Crippen LogP contribution in [0.2, 0.25) is 0 Å². The van der Waals surface area contributed by atoms with E-state index in [-0.39, 0.29) is 5.78 Å². The number of rotatable bonds is 16. The zero-order valence-electron chi connectivity index (χ0n) is 29.8. The standard InChI is InChI=1S/C45H48Br2O3/c1-5-9-11-29(7-3)27-49-35-19-13-31(14-20-35)41-43-39-25-33(46)17-23-37(39)38-24-18-34(47)26-40(38)44(43)42(45(41)48)32-15-21-36(22-16-32)50-28-30(8-4)12-10-6-2/h13-26,29-30H,5-12,27-28H2,1-4H3. The lowest BCUT2D eigenvalue weighted by Crippen LogP contribution is -2.27. The molecule has 0 aliphatic heterocycles. The maximum absolute atomic E-state index is 14.9. The van der Waals surface area contributed by atoms with Crippen LogP contribution in [0.3, 0.4) is 0 Å². The molecule has 1 aliphatic carbocycles. The molecule has 5 aromatic rings. The highest BCUT2D eigenvalue weighted by Crippen LogP contribution is 2.33. The van der Waals surface area contributed by atoms with Crippen LogP contribution >= 0.6 is 31.9 Å². The fourth-order valence-electron chi connectivity index (χ4n) is 7.27. The number of Topliss-reactive ketones (excluding diaryl/α,β-unsaturated/α-hetero) is 1. The smallest absolute Gasteiger partial charge is 0.195 e. The summed E-state index contributed by atoms with van der Waals surface area (Å²) < 4.78 is 14.5. The monoisotopic (exact) mass is 794 g/mol. The third-order valence-electron chi connectivity index (χ3n) is 10.3. The van der Waals surface area contributed by atoms with Crippen LogP contribution in [0.5, 0.6) is 11.5 Å². The molecule has 0 amide bonds. The van der Waals surface area contributed by atoms with E-state index in [4.69, 9.17) is 9.47 Å². The predicted molar refractivity (Wildman–Crippen MR) is 217 cm³/mol. The molecule has 0 N–H and O–H groups in total. The van der Waals surface area contributed by atoms with E-state index >= 15 is 0 Å². The third-order valence-corrected chi connectivity index (χ3v) is 11.3. The van der Waals surface area contributed by atoms with Crippen molar-refractivity contribution < 1.29 is 14.3 Å². The van der Waals surface area contributed by atoms with Crippen molar-refractivity contribution in [1.29, 1.82) is 0 Å². The van der Waals surface area contributed by atoms with Gasteiger partial charge >= 0.3 is 0 Å². The molecule has 0 saturated carbocycles. The van der Waals surface area contributed by atoms with Crippen LogP contribution in [0, 0.1) is 11.8 Å². The quantitative estimate of drug-likeness (QED) is 0.0933. The van der Waals surface area contributed by atoms with Gasteiger partial charge in [0.05, 0.1) is 13.2 Å². The van der Waals surface area contributed by atoms with Crippen LogP contribution < -0.4 is 19.9 Å². The summed E-state index contributed by atoms with van der Waals surface area (Å²) in [4.78, 5) is 14.9. The normalized spacial score (nSPS) is 14.0. The Morgan fingerprint density at radius 3 is 1.30 bits per heavy atom. The number of fused-ring (bicyclic) bond motifs is 6. The van der Waals surface area contributed by atoms with Crippen molar-refractivity contribution in [3.8, 4) is 11.5 Å². The Balaban J connectivity index is 1.48. The number of carbonyl (C=O) groups is 1. The second-order valence-corrected chi connectivity index (χ2v) is 15.5. The molecule has 50 heavy (non-hydrogen) atoms. The summed E-state index contributed by atoms with van der Waals surface area (Å²) in [5.41, 5.74) is 3.24. The molecule has 0 saturated heterocycles. The first kappa shape index (κ1) is 36.4. The van der Waals surface area contributed by atoms with E-state index in [9.17, 15) is 4.79 Å². The zero-order valence-corrected chi connectivity index (χ0v) is 33.0. The molecule has 0 fully saturated rings. The fraction of sp³-hybridized carbons (Fsp3) is 0.356. The van der Waals surface area contributed by atoms with Gasteiger partial charge in [0, 0.05) is 30.5 Å². The maximum atomic E-state index is 14.9. The van der Waals surface area contributed by atoms with E-state index in [1.807, 2.05) is 24.3 Å². The Bertz CT molecular complexity index is 1950. The molecular formula is C45H48Br2O3. The lowest BCUT2D eigenvalue weighted by molar-refractivity contribution is -0.108. The van der Waals surface area contributed by atoms with Crippen molar-refractivity contribution in [2.45, 2.75) is 79.1 Å². The second-order valence-electron chi connectivity index (χ2n) is 13.7. The molecule has 6 rings (SSSR count). The summed E-state index contributed by atoms with van der Waals surface area (Å²) in [5, 5.41) is 6.32. The topological polar surface area (TPSA) is 35.5 Å². The highest BCUT2D eigenvalue weighted by atomic mass is 79.9. The molecule has 0 spiro atoms. The van der Waals surface area contributed by atoms with Crippen LogP contribution in [-0.4, -0.2) is 19.0 Å². The third kappa shape index (κ3) is 7.75. The van der Waals surface area contributed by atoms with Crippen molar-refractivity contribution in [3.63, 3.8) is 0 Å². The molecule has 260 valence electrons. The lowest BCUT2D eigenvalue weighted by Gasteiger charge is -2.16. The molecule has 2 unspecified atom stereocenters. The minimum absolute atomic E-state index is 0.0345. The molecule has 1 aliphatic rings. The molecule has 0 heterocycles. The van der Waals surface area contributed by atoms with E-state index in [1.165, 1.54) is 38.5 Å². The van der Waals surface area contributed by atoms with Gasteiger partial charge in [-0.05, 0) is 106 Å². The molecule has 5 heteroatoms. The van der Waals surface area contributed by atoms with Gasteiger partial charge in [-0.1, -0.05) is 134 Å². The van der Waals surface area contributed by atoms with E-state index in [0.29, 0.717) is 25.0 Å². The van der Waals surface area contributed by atoms with Crippen molar-refractivity contribution in [2.75, 3.05) is 13.2 Å². The van der Waals surface area contributed by atoms with Crippen LogP contribution in [0.4, 0.5) is 0 Å². The first-order chi connectivity index (χ1) is 24.4. The number of halogens is 2. The largest absolute Gasteiger partial charge is 0.493 e. The van der Waals surface area contributed by atoms with Gasteiger partial charge in [-0.25, -0.2) is 0 Å². The number of hydrogen-bond donors (Lipinski definition) is 0. The molecular weight excluding hydrogens is 748 g/mol. The van der Waals surface area contributed by atoms with E-state index in [2.05, 4.69) is 120 Å². The number of hydrogen-bond acceptors (Lipinski definition) is 3. The summed E-state index contributed by atoms with van der Waals surface area (Å²) in [6.45, 7) is 10.4. The minimum Gasteiger partial charge on any atom is -0.493 e. The first-order valence-electron chi connectivity index (χ1n) is 18.5. The number of carbonyl (C=O) groups excluding carboxylic acids is 1. The van der Waals surface area contributed by atoms with Gasteiger partial charge in [-0.3, -0.25) is 4.79 Å². The number of benzene rings is 5. The Morgan fingerprint density at radius 2 is 0.940 bits per heavy atom. The SMILES string of the molecule is CCCCC(CC)COc1ccc(C2=c3c(c4cc(Br)ccc4c4ccc(Br)cc34)=C(c3ccc(OCC(CC)CCCC)cc3)C2=O)cc1. The first-order valence-corrected chi connectivity index (χ1v) is 20.1. The number of ketones is 1. The van der Waals surface area contributed by atoms with E-state index in [0.717, 1.165) is 87.5 Å². The average molecular weight is 797 g/mol. The lowest BCUT2D eigenvalue weighted by atomic mass is 9.95. The Morgan fingerprint density at radius 1 is 0.540 bits per heavy atom. The highest BCUT2D eigenvalue weighted by molar-refractivity contribution is 9.10. The van der Waals surface area contributed by atoms with Crippen LogP contribution in [0.15, 0.2) is 93.9 Å². The van der Waals surface area contributed by atoms with Crippen LogP contribution in [0.25, 0.3) is 32.7 Å².